The summed E-state index contributed by atoms with van der Waals surface area (Å²) in [5, 5.41) is 17.5. The topological polar surface area (TPSA) is 69.3 Å². The lowest BCUT2D eigenvalue weighted by Gasteiger charge is -2.04. The van der Waals surface area contributed by atoms with E-state index in [1.54, 1.807) is 24.4 Å². The third-order valence-electron chi connectivity index (χ3n) is 1.89. The van der Waals surface area contributed by atoms with Gasteiger partial charge in [0, 0.05) is 18.0 Å². The van der Waals surface area contributed by atoms with Crippen LogP contribution in [0.3, 0.4) is 0 Å². The largest absolute Gasteiger partial charge is 0.390 e. The van der Waals surface area contributed by atoms with Gasteiger partial charge in [0.25, 0.3) is 0 Å². The monoisotopic (exact) mass is 213 g/mol. The van der Waals surface area contributed by atoms with Crippen LogP contribution in [-0.4, -0.2) is 16.3 Å². The molecule has 0 aromatic carbocycles. The van der Waals surface area contributed by atoms with E-state index in [4.69, 9.17) is 10.4 Å². The number of rotatable bonds is 4. The molecule has 0 spiro atoms. The van der Waals surface area contributed by atoms with E-state index < -0.39 is 0 Å². The van der Waals surface area contributed by atoms with E-state index in [0.29, 0.717) is 16.8 Å². The number of aliphatic imine (C=N–C) groups is 1. The molecular formula is C12H11N3O. The van der Waals surface area contributed by atoms with Crippen molar-refractivity contribution in [3.63, 3.8) is 0 Å². The average Bonchev–Trinajstić information content (AvgIpc) is 2.35. The molecule has 1 N–H and O–H groups in total. The molecule has 4 heteroatoms. The van der Waals surface area contributed by atoms with Gasteiger partial charge in [0.1, 0.15) is 11.8 Å². The summed E-state index contributed by atoms with van der Waals surface area (Å²) in [7, 11) is 0. The maximum atomic E-state index is 9.07. The summed E-state index contributed by atoms with van der Waals surface area (Å²) in [5.74, 6) is 0. The summed E-state index contributed by atoms with van der Waals surface area (Å²) < 4.78 is 0. The van der Waals surface area contributed by atoms with Gasteiger partial charge in [0.05, 0.1) is 12.3 Å². The second-order valence-electron chi connectivity index (χ2n) is 3.00. The van der Waals surface area contributed by atoms with Gasteiger partial charge >= 0.3 is 0 Å². The normalized spacial score (nSPS) is 10.0. The summed E-state index contributed by atoms with van der Waals surface area (Å²) in [6.45, 7) is 7.04. The smallest absolute Gasteiger partial charge is 0.133 e. The third kappa shape index (κ3) is 2.87. The van der Waals surface area contributed by atoms with Gasteiger partial charge in [0.15, 0.2) is 0 Å². The first-order valence-corrected chi connectivity index (χ1v) is 4.56. The SMILES string of the molecule is C=C(C#N)/N=C/C(=C)c1cccnc1CO. The highest BCUT2D eigenvalue weighted by atomic mass is 16.3. The fraction of sp³-hybridized carbons (Fsp3) is 0.0833. The van der Waals surface area contributed by atoms with Crippen LogP contribution in [0, 0.1) is 11.3 Å². The molecule has 0 aliphatic carbocycles. The molecule has 0 aliphatic heterocycles. The first-order valence-electron chi connectivity index (χ1n) is 4.56. The average molecular weight is 213 g/mol. The Kier molecular flexibility index (Phi) is 4.13. The van der Waals surface area contributed by atoms with E-state index in [-0.39, 0.29) is 12.3 Å². The van der Waals surface area contributed by atoms with Gasteiger partial charge in [-0.05, 0) is 11.6 Å². The van der Waals surface area contributed by atoms with Crippen LogP contribution in [-0.2, 0) is 6.61 Å². The lowest BCUT2D eigenvalue weighted by molar-refractivity contribution is 0.276. The Bertz CT molecular complexity index is 483. The summed E-state index contributed by atoms with van der Waals surface area (Å²) in [4.78, 5) is 7.81. The summed E-state index contributed by atoms with van der Waals surface area (Å²) in [6.07, 6.45) is 3.02. The second-order valence-corrected chi connectivity index (χ2v) is 3.00. The lowest BCUT2D eigenvalue weighted by atomic mass is 10.1. The second kappa shape index (κ2) is 5.59. The predicted molar refractivity (Wildman–Crippen MR) is 62.4 cm³/mol. The van der Waals surface area contributed by atoms with Crippen LogP contribution in [0.15, 0.2) is 42.2 Å². The fourth-order valence-electron chi connectivity index (χ4n) is 1.11. The number of pyridine rings is 1. The Balaban J connectivity index is 2.94. The van der Waals surface area contributed by atoms with Crippen LogP contribution in [0.4, 0.5) is 0 Å². The van der Waals surface area contributed by atoms with Gasteiger partial charge in [-0.1, -0.05) is 19.2 Å². The number of nitriles is 1. The molecule has 0 amide bonds. The first-order chi connectivity index (χ1) is 7.69. The number of nitrogens with zero attached hydrogens (tertiary/aromatic N) is 3. The standard InChI is InChI=1S/C12H11N3O/c1-9(7-15-10(2)6-13)11-4-3-5-14-12(11)8-16/h3-5,7,16H,1-2,8H2/b15-7+. The van der Waals surface area contributed by atoms with Gasteiger partial charge < -0.3 is 5.11 Å². The van der Waals surface area contributed by atoms with Crippen LogP contribution in [0.1, 0.15) is 11.3 Å². The lowest BCUT2D eigenvalue weighted by Crippen LogP contribution is -1.96. The van der Waals surface area contributed by atoms with E-state index >= 15 is 0 Å². The first kappa shape index (κ1) is 11.8. The van der Waals surface area contributed by atoms with Crippen LogP contribution >= 0.6 is 0 Å². The molecule has 80 valence electrons. The van der Waals surface area contributed by atoms with Crippen LogP contribution in [0.5, 0.6) is 0 Å². The van der Waals surface area contributed by atoms with Crippen molar-refractivity contribution in [1.29, 1.82) is 5.26 Å². The molecule has 0 atom stereocenters. The molecule has 0 fully saturated rings. The molecule has 4 nitrogen and oxygen atoms in total. The molecule has 0 radical (unpaired) electrons. The van der Waals surface area contributed by atoms with Crippen molar-refractivity contribution >= 4 is 11.8 Å². The number of hydrogen-bond acceptors (Lipinski definition) is 4. The zero-order chi connectivity index (χ0) is 12.0. The Morgan fingerprint density at radius 3 is 3.00 bits per heavy atom. The van der Waals surface area contributed by atoms with Crippen molar-refractivity contribution < 1.29 is 5.11 Å². The van der Waals surface area contributed by atoms with Crippen molar-refractivity contribution in [2.75, 3.05) is 0 Å². The van der Waals surface area contributed by atoms with Gasteiger partial charge in [-0.15, -0.1) is 0 Å². The molecule has 0 saturated carbocycles. The van der Waals surface area contributed by atoms with Crippen molar-refractivity contribution in [2.45, 2.75) is 6.61 Å². The Morgan fingerprint density at radius 1 is 1.62 bits per heavy atom. The maximum Gasteiger partial charge on any atom is 0.133 e. The number of aliphatic hydroxyl groups is 1. The van der Waals surface area contributed by atoms with E-state index in [1.807, 2.05) is 0 Å². The molecule has 0 bridgehead atoms. The molecule has 0 saturated heterocycles. The van der Waals surface area contributed by atoms with E-state index in [9.17, 15) is 0 Å². The van der Waals surface area contributed by atoms with Crippen LogP contribution in [0.2, 0.25) is 0 Å². The van der Waals surface area contributed by atoms with Gasteiger partial charge in [-0.2, -0.15) is 5.26 Å². The van der Waals surface area contributed by atoms with Crippen LogP contribution < -0.4 is 0 Å². The maximum absolute atomic E-state index is 9.07. The van der Waals surface area contributed by atoms with Crippen molar-refractivity contribution in [3.05, 3.63) is 48.4 Å². The van der Waals surface area contributed by atoms with Gasteiger partial charge in [-0.3, -0.25) is 4.98 Å². The predicted octanol–water partition coefficient (Wildman–Crippen LogP) is 1.70. The summed E-state index contributed by atoms with van der Waals surface area (Å²) in [5.41, 5.74) is 1.92. The minimum atomic E-state index is -0.164. The fourth-order valence-corrected chi connectivity index (χ4v) is 1.11. The highest BCUT2D eigenvalue weighted by molar-refractivity contribution is 6.09. The van der Waals surface area contributed by atoms with Crippen LogP contribution in [0.25, 0.3) is 5.57 Å². The van der Waals surface area contributed by atoms with Crippen molar-refractivity contribution in [2.24, 2.45) is 4.99 Å². The van der Waals surface area contributed by atoms with E-state index in [0.717, 1.165) is 0 Å². The Morgan fingerprint density at radius 2 is 2.38 bits per heavy atom. The molecule has 0 unspecified atom stereocenters. The Labute approximate surface area is 93.9 Å². The molecule has 16 heavy (non-hydrogen) atoms. The molecule has 0 aliphatic rings. The minimum absolute atomic E-state index is 0.107. The molecule has 1 heterocycles. The van der Waals surface area contributed by atoms with Gasteiger partial charge in [0.2, 0.25) is 0 Å². The zero-order valence-corrected chi connectivity index (χ0v) is 8.72. The van der Waals surface area contributed by atoms with Gasteiger partial charge in [-0.25, -0.2) is 4.99 Å². The van der Waals surface area contributed by atoms with Crippen molar-refractivity contribution in [3.8, 4) is 6.07 Å². The number of hydrogen-bond donors (Lipinski definition) is 1. The quantitative estimate of drug-likeness (QED) is 0.611. The zero-order valence-electron chi connectivity index (χ0n) is 8.72. The summed E-state index contributed by atoms with van der Waals surface area (Å²) >= 11 is 0. The number of allylic oxidation sites excluding steroid dienone is 2. The molecule has 1 aromatic heterocycles. The Hall–Kier alpha value is -2.25. The van der Waals surface area contributed by atoms with E-state index in [2.05, 4.69) is 23.1 Å². The molecule has 1 rings (SSSR count). The summed E-state index contributed by atoms with van der Waals surface area (Å²) in [6, 6.07) is 5.32. The third-order valence-corrected chi connectivity index (χ3v) is 1.89. The highest BCUT2D eigenvalue weighted by Gasteiger charge is 2.03. The number of aromatic nitrogens is 1. The minimum Gasteiger partial charge on any atom is -0.390 e. The number of aliphatic hydroxyl groups excluding tert-OH is 1. The molecule has 1 aromatic rings. The van der Waals surface area contributed by atoms with Crippen molar-refractivity contribution in [1.82, 2.24) is 4.98 Å². The molecular weight excluding hydrogens is 202 g/mol. The van der Waals surface area contributed by atoms with E-state index in [1.165, 1.54) is 6.21 Å². The highest BCUT2D eigenvalue weighted by Crippen LogP contribution is 2.14.